The number of azide groups is 1. The van der Waals surface area contributed by atoms with E-state index in [1.54, 1.807) is 12.2 Å². The molecule has 2 aliphatic carbocycles. The Kier molecular flexibility index (Phi) is 3.46. The monoisotopic (exact) mass is 277 g/mol. The molecule has 0 radical (unpaired) electrons. The van der Waals surface area contributed by atoms with Crippen molar-refractivity contribution >= 4 is 5.78 Å². The highest BCUT2D eigenvalue weighted by Crippen LogP contribution is 2.48. The molecular formula is C17H15N3O. The summed E-state index contributed by atoms with van der Waals surface area (Å²) in [6.07, 6.45) is 11.9. The van der Waals surface area contributed by atoms with Crippen molar-refractivity contribution in [3.05, 3.63) is 82.8 Å². The number of benzene rings is 1. The zero-order valence-corrected chi connectivity index (χ0v) is 11.5. The third kappa shape index (κ3) is 2.41. The fourth-order valence-electron chi connectivity index (χ4n) is 3.22. The Morgan fingerprint density at radius 1 is 1.14 bits per heavy atom. The maximum absolute atomic E-state index is 11.5. The van der Waals surface area contributed by atoms with E-state index in [0.717, 1.165) is 5.56 Å². The first-order valence-corrected chi connectivity index (χ1v) is 6.94. The molecule has 1 spiro atoms. The number of carbonyl (C=O) groups is 1. The predicted octanol–water partition coefficient (Wildman–Crippen LogP) is 4.09. The van der Waals surface area contributed by atoms with Crippen LogP contribution in [0.1, 0.15) is 17.9 Å². The Labute approximate surface area is 123 Å². The molecule has 2 unspecified atom stereocenters. The van der Waals surface area contributed by atoms with Gasteiger partial charge in [0.2, 0.25) is 0 Å². The van der Waals surface area contributed by atoms with Crippen molar-refractivity contribution in [2.45, 2.75) is 18.4 Å². The number of nitrogens with zero attached hydrogens (tertiary/aromatic N) is 3. The second-order valence-corrected chi connectivity index (χ2v) is 5.37. The molecule has 21 heavy (non-hydrogen) atoms. The molecule has 3 rings (SSSR count). The van der Waals surface area contributed by atoms with E-state index in [2.05, 4.69) is 16.1 Å². The zero-order chi connectivity index (χ0) is 14.7. The molecule has 0 N–H and O–H groups in total. The van der Waals surface area contributed by atoms with Crippen LogP contribution in [0.15, 0.2) is 71.9 Å². The van der Waals surface area contributed by atoms with Crippen molar-refractivity contribution < 1.29 is 4.79 Å². The van der Waals surface area contributed by atoms with Crippen LogP contribution in [0, 0.1) is 5.41 Å². The van der Waals surface area contributed by atoms with Crippen molar-refractivity contribution in [3.8, 4) is 0 Å². The van der Waals surface area contributed by atoms with Crippen LogP contribution in [0.2, 0.25) is 0 Å². The molecule has 0 saturated heterocycles. The first-order chi connectivity index (χ1) is 10.2. The smallest absolute Gasteiger partial charge is 0.178 e. The highest BCUT2D eigenvalue weighted by atomic mass is 16.1. The third-order valence-corrected chi connectivity index (χ3v) is 4.14. The highest BCUT2D eigenvalue weighted by Gasteiger charge is 2.41. The number of allylic oxidation sites excluding steroid dienone is 5. The normalized spacial score (nSPS) is 25.8. The lowest BCUT2D eigenvalue weighted by atomic mass is 9.63. The van der Waals surface area contributed by atoms with Crippen LogP contribution in [-0.2, 0) is 4.79 Å². The minimum atomic E-state index is -0.396. The molecule has 0 amide bonds. The summed E-state index contributed by atoms with van der Waals surface area (Å²) in [5, 5.41) is 3.99. The van der Waals surface area contributed by atoms with Gasteiger partial charge in [0.15, 0.2) is 5.78 Å². The number of hydrogen-bond donors (Lipinski definition) is 0. The molecule has 4 heteroatoms. The standard InChI is InChI=1S/C17H15N3O/c18-20-19-15-7-4-10-17(11-8-14(21)9-12-17)16(15)13-5-2-1-3-6-13/h1-6,8-12,15-16H,7H2. The Bertz CT molecular complexity index is 665. The Balaban J connectivity index is 2.13. The van der Waals surface area contributed by atoms with E-state index >= 15 is 0 Å². The molecule has 1 aromatic rings. The highest BCUT2D eigenvalue weighted by molar-refractivity contribution is 6.00. The van der Waals surface area contributed by atoms with Crippen molar-refractivity contribution in [1.82, 2.24) is 0 Å². The van der Waals surface area contributed by atoms with Crippen LogP contribution < -0.4 is 0 Å². The number of rotatable bonds is 2. The van der Waals surface area contributed by atoms with E-state index in [-0.39, 0.29) is 17.7 Å². The Morgan fingerprint density at radius 3 is 2.52 bits per heavy atom. The Morgan fingerprint density at radius 2 is 1.86 bits per heavy atom. The molecule has 0 aliphatic heterocycles. The second kappa shape index (κ2) is 5.43. The van der Waals surface area contributed by atoms with Gasteiger partial charge in [-0.1, -0.05) is 59.8 Å². The molecule has 4 nitrogen and oxygen atoms in total. The molecule has 104 valence electrons. The molecular weight excluding hydrogens is 262 g/mol. The van der Waals surface area contributed by atoms with Gasteiger partial charge < -0.3 is 0 Å². The van der Waals surface area contributed by atoms with E-state index < -0.39 is 5.41 Å². The first-order valence-electron chi connectivity index (χ1n) is 6.94. The van der Waals surface area contributed by atoms with Crippen LogP contribution in [0.5, 0.6) is 0 Å². The average molecular weight is 277 g/mol. The molecule has 0 fully saturated rings. The fraction of sp³-hybridized carbons (Fsp3) is 0.235. The summed E-state index contributed by atoms with van der Waals surface area (Å²) in [7, 11) is 0. The van der Waals surface area contributed by atoms with Crippen molar-refractivity contribution in [3.63, 3.8) is 0 Å². The van der Waals surface area contributed by atoms with E-state index in [1.807, 2.05) is 48.6 Å². The minimum Gasteiger partial charge on any atom is -0.290 e. The first kappa shape index (κ1) is 13.4. The van der Waals surface area contributed by atoms with Gasteiger partial charge in [-0.15, -0.1) is 0 Å². The molecule has 2 aliphatic rings. The van der Waals surface area contributed by atoms with Gasteiger partial charge in [-0.25, -0.2) is 0 Å². The quantitative estimate of drug-likeness (QED) is 0.347. The topological polar surface area (TPSA) is 65.8 Å². The molecule has 0 aromatic heterocycles. The van der Waals surface area contributed by atoms with E-state index in [0.29, 0.717) is 6.42 Å². The van der Waals surface area contributed by atoms with E-state index in [4.69, 9.17) is 5.53 Å². The SMILES string of the molecule is [N-]=[N+]=NC1CC=CC2(C=CC(=O)C=C2)C1c1ccccc1. The number of hydrogen-bond acceptors (Lipinski definition) is 2. The summed E-state index contributed by atoms with van der Waals surface area (Å²) >= 11 is 0. The number of ketones is 1. The minimum absolute atomic E-state index is 0.000185. The van der Waals surface area contributed by atoms with Crippen LogP contribution in [-0.4, -0.2) is 11.8 Å². The maximum atomic E-state index is 11.5. The molecule has 0 bridgehead atoms. The largest absolute Gasteiger partial charge is 0.290 e. The summed E-state index contributed by atoms with van der Waals surface area (Å²) in [6, 6.07) is 9.86. The molecule has 1 aromatic carbocycles. The molecule has 0 heterocycles. The third-order valence-electron chi connectivity index (χ3n) is 4.14. The second-order valence-electron chi connectivity index (χ2n) is 5.37. The van der Waals surface area contributed by atoms with Gasteiger partial charge in [-0.2, -0.15) is 0 Å². The van der Waals surface area contributed by atoms with Gasteiger partial charge >= 0.3 is 0 Å². The van der Waals surface area contributed by atoms with Crippen LogP contribution in [0.4, 0.5) is 0 Å². The van der Waals surface area contributed by atoms with Gasteiger partial charge in [0.1, 0.15) is 0 Å². The molecule has 2 atom stereocenters. The summed E-state index contributed by atoms with van der Waals surface area (Å²) in [6.45, 7) is 0. The fourth-order valence-corrected chi connectivity index (χ4v) is 3.22. The predicted molar refractivity (Wildman–Crippen MR) is 81.6 cm³/mol. The van der Waals surface area contributed by atoms with Gasteiger partial charge in [-0.05, 0) is 29.7 Å². The zero-order valence-electron chi connectivity index (χ0n) is 11.5. The lowest BCUT2D eigenvalue weighted by Gasteiger charge is -2.41. The average Bonchev–Trinajstić information content (AvgIpc) is 2.52. The summed E-state index contributed by atoms with van der Waals surface area (Å²) in [4.78, 5) is 14.5. The maximum Gasteiger partial charge on any atom is 0.178 e. The van der Waals surface area contributed by atoms with Gasteiger partial charge in [0.25, 0.3) is 0 Å². The van der Waals surface area contributed by atoms with Crippen molar-refractivity contribution in [1.29, 1.82) is 0 Å². The van der Waals surface area contributed by atoms with Crippen molar-refractivity contribution in [2.24, 2.45) is 10.5 Å². The molecule has 0 saturated carbocycles. The Hall–Kier alpha value is -2.58. The van der Waals surface area contributed by atoms with Gasteiger partial charge in [-0.3, -0.25) is 4.79 Å². The summed E-state index contributed by atoms with van der Waals surface area (Å²) in [5.41, 5.74) is 9.57. The summed E-state index contributed by atoms with van der Waals surface area (Å²) in [5.74, 6) is -0.00746. The number of carbonyl (C=O) groups excluding carboxylic acids is 1. The van der Waals surface area contributed by atoms with Gasteiger partial charge in [0.05, 0.1) is 0 Å². The lowest BCUT2D eigenvalue weighted by molar-refractivity contribution is -0.110. The van der Waals surface area contributed by atoms with E-state index in [9.17, 15) is 4.79 Å². The van der Waals surface area contributed by atoms with Crippen molar-refractivity contribution in [2.75, 3.05) is 0 Å². The van der Waals surface area contributed by atoms with E-state index in [1.165, 1.54) is 0 Å². The summed E-state index contributed by atoms with van der Waals surface area (Å²) < 4.78 is 0. The van der Waals surface area contributed by atoms with Crippen LogP contribution >= 0.6 is 0 Å². The van der Waals surface area contributed by atoms with Crippen LogP contribution in [0.25, 0.3) is 10.4 Å². The van der Waals surface area contributed by atoms with Crippen LogP contribution in [0.3, 0.4) is 0 Å². The van der Waals surface area contributed by atoms with Gasteiger partial charge in [0, 0.05) is 22.3 Å². The lowest BCUT2D eigenvalue weighted by Crippen LogP contribution is -2.35.